The summed E-state index contributed by atoms with van der Waals surface area (Å²) in [5, 5.41) is 4.81. The molecular formula is C16H15ClN4O. The lowest BCUT2D eigenvalue weighted by molar-refractivity contribution is 0.612. The van der Waals surface area contributed by atoms with Crippen molar-refractivity contribution in [2.24, 2.45) is 0 Å². The summed E-state index contributed by atoms with van der Waals surface area (Å²) in [6.07, 6.45) is 3.55. The first kappa shape index (κ1) is 14.5. The van der Waals surface area contributed by atoms with Gasteiger partial charge in [0, 0.05) is 29.4 Å². The third-order valence-electron chi connectivity index (χ3n) is 3.44. The molecule has 0 saturated heterocycles. The maximum atomic E-state index is 11.9. The number of imidazole rings is 1. The second kappa shape index (κ2) is 5.77. The molecule has 0 unspecified atom stereocenters. The van der Waals surface area contributed by atoms with Gasteiger partial charge in [0.1, 0.15) is 5.82 Å². The van der Waals surface area contributed by atoms with Gasteiger partial charge in [0.15, 0.2) is 0 Å². The molecule has 112 valence electrons. The largest absolute Gasteiger partial charge is 0.301 e. The lowest BCUT2D eigenvalue weighted by atomic mass is 10.2. The topological polar surface area (TPSA) is 52.7 Å². The lowest BCUT2D eigenvalue weighted by Crippen LogP contribution is -2.21. The molecule has 0 fully saturated rings. The number of aromatic nitrogens is 4. The first-order valence-corrected chi connectivity index (χ1v) is 7.35. The Balaban J connectivity index is 2.06. The van der Waals surface area contributed by atoms with Crippen LogP contribution < -0.4 is 5.56 Å². The van der Waals surface area contributed by atoms with Gasteiger partial charge in [-0.3, -0.25) is 4.79 Å². The molecule has 0 radical (unpaired) electrons. The molecule has 0 aliphatic carbocycles. The highest BCUT2D eigenvalue weighted by molar-refractivity contribution is 6.30. The van der Waals surface area contributed by atoms with Crippen LogP contribution in [0.15, 0.2) is 47.5 Å². The van der Waals surface area contributed by atoms with Crippen molar-refractivity contribution < 1.29 is 0 Å². The Morgan fingerprint density at radius 3 is 2.77 bits per heavy atom. The lowest BCUT2D eigenvalue weighted by Gasteiger charge is -2.05. The van der Waals surface area contributed by atoms with E-state index in [1.165, 1.54) is 4.68 Å². The molecule has 2 aromatic heterocycles. The first-order valence-electron chi connectivity index (χ1n) is 6.98. The molecule has 0 bridgehead atoms. The molecule has 0 spiro atoms. The average Bonchev–Trinajstić information content (AvgIpc) is 2.89. The molecule has 0 aliphatic heterocycles. The molecule has 2 heterocycles. The van der Waals surface area contributed by atoms with Crippen LogP contribution in [-0.4, -0.2) is 19.3 Å². The van der Waals surface area contributed by atoms with Gasteiger partial charge in [0.05, 0.1) is 17.6 Å². The summed E-state index contributed by atoms with van der Waals surface area (Å²) in [5.41, 5.74) is 2.31. The molecule has 3 aromatic rings. The predicted molar refractivity (Wildman–Crippen MR) is 86.5 cm³/mol. The van der Waals surface area contributed by atoms with E-state index in [0.29, 0.717) is 17.3 Å². The monoisotopic (exact) mass is 314 g/mol. The van der Waals surface area contributed by atoms with Crippen LogP contribution in [-0.2, 0) is 6.54 Å². The minimum absolute atomic E-state index is 0.127. The van der Waals surface area contributed by atoms with E-state index in [1.54, 1.807) is 12.3 Å². The van der Waals surface area contributed by atoms with Crippen LogP contribution in [0.25, 0.3) is 16.9 Å². The fourth-order valence-corrected chi connectivity index (χ4v) is 2.50. The molecule has 0 aliphatic rings. The highest BCUT2D eigenvalue weighted by atomic mass is 35.5. The van der Waals surface area contributed by atoms with Gasteiger partial charge in [-0.1, -0.05) is 23.7 Å². The van der Waals surface area contributed by atoms with E-state index < -0.39 is 0 Å². The van der Waals surface area contributed by atoms with Gasteiger partial charge in [0.2, 0.25) is 0 Å². The van der Waals surface area contributed by atoms with Gasteiger partial charge in [-0.2, -0.15) is 5.10 Å². The van der Waals surface area contributed by atoms with E-state index in [1.807, 2.05) is 48.9 Å². The first-order chi connectivity index (χ1) is 10.6. The van der Waals surface area contributed by atoms with E-state index in [2.05, 4.69) is 10.1 Å². The smallest absolute Gasteiger partial charge is 0.268 e. The number of benzene rings is 1. The van der Waals surface area contributed by atoms with E-state index >= 15 is 0 Å². The van der Waals surface area contributed by atoms with E-state index in [-0.39, 0.29) is 5.56 Å². The second-order valence-electron chi connectivity index (χ2n) is 4.92. The van der Waals surface area contributed by atoms with Crippen molar-refractivity contribution in [3.05, 3.63) is 63.9 Å². The normalized spacial score (nSPS) is 10.9. The number of hydrogen-bond acceptors (Lipinski definition) is 3. The molecular weight excluding hydrogens is 300 g/mol. The van der Waals surface area contributed by atoms with Crippen LogP contribution in [0.2, 0.25) is 5.02 Å². The fraction of sp³-hybridized carbons (Fsp3) is 0.188. The zero-order valence-corrected chi connectivity index (χ0v) is 13.1. The van der Waals surface area contributed by atoms with Crippen LogP contribution in [0.5, 0.6) is 0 Å². The van der Waals surface area contributed by atoms with E-state index in [9.17, 15) is 4.79 Å². The number of rotatable bonds is 3. The molecule has 0 amide bonds. The summed E-state index contributed by atoms with van der Waals surface area (Å²) in [5.74, 6) is 0.783. The van der Waals surface area contributed by atoms with Crippen LogP contribution in [0.4, 0.5) is 0 Å². The summed E-state index contributed by atoms with van der Waals surface area (Å²) in [6.45, 7) is 4.32. The summed E-state index contributed by atoms with van der Waals surface area (Å²) in [6, 6.07) is 9.08. The Bertz CT molecular complexity index is 882. The summed E-state index contributed by atoms with van der Waals surface area (Å²) in [7, 11) is 0. The van der Waals surface area contributed by atoms with E-state index in [4.69, 9.17) is 11.6 Å². The summed E-state index contributed by atoms with van der Waals surface area (Å²) in [4.78, 5) is 16.5. The van der Waals surface area contributed by atoms with E-state index in [0.717, 1.165) is 17.1 Å². The van der Waals surface area contributed by atoms with Crippen molar-refractivity contribution in [3.8, 4) is 16.9 Å². The minimum Gasteiger partial charge on any atom is -0.301 e. The Kier molecular flexibility index (Phi) is 3.81. The molecule has 3 rings (SSSR count). The quantitative estimate of drug-likeness (QED) is 0.746. The highest BCUT2D eigenvalue weighted by Gasteiger charge is 2.09. The SMILES string of the molecule is CCn1ncc(-n2cc(-c3cccc(Cl)c3)nc2C)cc1=O. The molecule has 5 nitrogen and oxygen atoms in total. The van der Waals surface area contributed by atoms with Crippen molar-refractivity contribution in [1.29, 1.82) is 0 Å². The zero-order chi connectivity index (χ0) is 15.7. The van der Waals surface area contributed by atoms with Crippen molar-refractivity contribution in [1.82, 2.24) is 19.3 Å². The minimum atomic E-state index is -0.127. The maximum absolute atomic E-state index is 11.9. The fourth-order valence-electron chi connectivity index (χ4n) is 2.31. The van der Waals surface area contributed by atoms with Crippen molar-refractivity contribution in [2.45, 2.75) is 20.4 Å². The zero-order valence-electron chi connectivity index (χ0n) is 12.3. The average molecular weight is 315 g/mol. The van der Waals surface area contributed by atoms with Gasteiger partial charge in [-0.15, -0.1) is 0 Å². The molecule has 0 N–H and O–H groups in total. The Hall–Kier alpha value is -2.40. The summed E-state index contributed by atoms with van der Waals surface area (Å²) >= 11 is 6.02. The van der Waals surface area contributed by atoms with Crippen molar-refractivity contribution in [3.63, 3.8) is 0 Å². The molecule has 0 saturated carbocycles. The van der Waals surface area contributed by atoms with Gasteiger partial charge in [0.25, 0.3) is 5.56 Å². The van der Waals surface area contributed by atoms with Crippen LogP contribution >= 0.6 is 11.6 Å². The molecule has 6 heteroatoms. The number of halogens is 1. The molecule has 0 atom stereocenters. The van der Waals surface area contributed by atoms with Crippen LogP contribution in [0, 0.1) is 6.92 Å². The second-order valence-corrected chi connectivity index (χ2v) is 5.36. The highest BCUT2D eigenvalue weighted by Crippen LogP contribution is 2.23. The van der Waals surface area contributed by atoms with Crippen LogP contribution in [0.3, 0.4) is 0 Å². The number of hydrogen-bond donors (Lipinski definition) is 0. The third-order valence-corrected chi connectivity index (χ3v) is 3.67. The van der Waals surface area contributed by atoms with Crippen molar-refractivity contribution >= 4 is 11.6 Å². The Morgan fingerprint density at radius 1 is 1.27 bits per heavy atom. The van der Waals surface area contributed by atoms with Crippen molar-refractivity contribution in [2.75, 3.05) is 0 Å². The van der Waals surface area contributed by atoms with Gasteiger partial charge in [-0.05, 0) is 26.0 Å². The van der Waals surface area contributed by atoms with Gasteiger partial charge < -0.3 is 4.57 Å². The van der Waals surface area contributed by atoms with Crippen LogP contribution in [0.1, 0.15) is 12.7 Å². The number of nitrogens with zero attached hydrogens (tertiary/aromatic N) is 4. The number of aryl methyl sites for hydroxylation is 2. The maximum Gasteiger partial charge on any atom is 0.268 e. The standard InChI is InChI=1S/C16H15ClN4O/c1-3-21-16(22)8-14(9-18-21)20-10-15(19-11(20)2)12-5-4-6-13(17)7-12/h4-10H,3H2,1-2H3. The van der Waals surface area contributed by atoms with Gasteiger partial charge in [-0.25, -0.2) is 9.67 Å². The third kappa shape index (κ3) is 2.67. The van der Waals surface area contributed by atoms with Gasteiger partial charge >= 0.3 is 0 Å². The summed E-state index contributed by atoms with van der Waals surface area (Å²) < 4.78 is 3.26. The molecule has 1 aromatic carbocycles. The molecule has 22 heavy (non-hydrogen) atoms. The Morgan fingerprint density at radius 2 is 2.09 bits per heavy atom. The predicted octanol–water partition coefficient (Wildman–Crippen LogP) is 3.08. The Labute approximate surface area is 132 Å².